The van der Waals surface area contributed by atoms with Crippen LogP contribution in [0, 0.1) is 6.92 Å². The molecule has 1 aliphatic rings. The largest absolute Gasteiger partial charge is 0.339 e. The van der Waals surface area contributed by atoms with Gasteiger partial charge in [-0.25, -0.2) is 0 Å². The number of anilines is 1. The van der Waals surface area contributed by atoms with Crippen molar-refractivity contribution in [2.75, 3.05) is 11.4 Å². The van der Waals surface area contributed by atoms with Crippen LogP contribution in [0.5, 0.6) is 0 Å². The average molecular weight is 354 g/mol. The molecule has 0 radical (unpaired) electrons. The molecule has 5 nitrogen and oxygen atoms in total. The molecule has 1 aromatic heterocycles. The summed E-state index contributed by atoms with van der Waals surface area (Å²) >= 11 is 5.90. The third kappa shape index (κ3) is 3.15. The molecule has 4 rings (SSSR count). The van der Waals surface area contributed by atoms with Gasteiger partial charge in [-0.2, -0.15) is 4.98 Å². The molecule has 126 valence electrons. The SMILES string of the molecule is Cc1cccc(N2CC(c3nc(-c4ccc(Cl)cc4)no3)CC2=O)c1. The van der Waals surface area contributed by atoms with E-state index in [1.807, 2.05) is 43.3 Å². The Morgan fingerprint density at radius 3 is 2.76 bits per heavy atom. The fourth-order valence-electron chi connectivity index (χ4n) is 3.04. The molecular formula is C19H16ClN3O2. The highest BCUT2D eigenvalue weighted by atomic mass is 35.5. The third-order valence-corrected chi connectivity index (χ3v) is 4.58. The van der Waals surface area contributed by atoms with Gasteiger partial charge in [0.15, 0.2) is 0 Å². The van der Waals surface area contributed by atoms with E-state index in [1.165, 1.54) is 0 Å². The Labute approximate surface area is 150 Å². The summed E-state index contributed by atoms with van der Waals surface area (Å²) in [5.41, 5.74) is 2.86. The number of aromatic nitrogens is 2. The average Bonchev–Trinajstić information content (AvgIpc) is 3.22. The highest BCUT2D eigenvalue weighted by Gasteiger charge is 2.35. The number of carbonyl (C=O) groups is 1. The molecule has 0 saturated carbocycles. The fraction of sp³-hybridized carbons (Fsp3) is 0.211. The van der Waals surface area contributed by atoms with Crippen LogP contribution in [-0.2, 0) is 4.79 Å². The maximum atomic E-state index is 12.4. The zero-order valence-corrected chi connectivity index (χ0v) is 14.4. The highest BCUT2D eigenvalue weighted by molar-refractivity contribution is 6.30. The van der Waals surface area contributed by atoms with Gasteiger partial charge in [0.05, 0.1) is 5.92 Å². The zero-order valence-electron chi connectivity index (χ0n) is 13.6. The Morgan fingerprint density at radius 1 is 1.20 bits per heavy atom. The molecule has 2 aromatic carbocycles. The van der Waals surface area contributed by atoms with Gasteiger partial charge in [0, 0.05) is 29.2 Å². The van der Waals surface area contributed by atoms with E-state index in [0.717, 1.165) is 16.8 Å². The Hall–Kier alpha value is -2.66. The number of hydrogen-bond acceptors (Lipinski definition) is 4. The standard InChI is InChI=1S/C19H16ClN3O2/c1-12-3-2-4-16(9-12)23-11-14(10-17(23)24)19-21-18(22-25-19)13-5-7-15(20)8-6-13/h2-9,14H,10-11H2,1H3. The lowest BCUT2D eigenvalue weighted by Gasteiger charge is -2.16. The Kier molecular flexibility index (Phi) is 4.01. The first-order chi connectivity index (χ1) is 12.1. The van der Waals surface area contributed by atoms with E-state index < -0.39 is 0 Å². The van der Waals surface area contributed by atoms with Crippen molar-refractivity contribution in [3.8, 4) is 11.4 Å². The van der Waals surface area contributed by atoms with Crippen molar-refractivity contribution in [2.45, 2.75) is 19.3 Å². The summed E-state index contributed by atoms with van der Waals surface area (Å²) in [6.07, 6.45) is 0.371. The summed E-state index contributed by atoms with van der Waals surface area (Å²) in [6, 6.07) is 15.2. The lowest BCUT2D eigenvalue weighted by Crippen LogP contribution is -2.24. The molecule has 1 atom stereocenters. The predicted molar refractivity (Wildman–Crippen MR) is 95.6 cm³/mol. The van der Waals surface area contributed by atoms with Crippen molar-refractivity contribution in [1.82, 2.24) is 10.1 Å². The summed E-state index contributed by atoms with van der Waals surface area (Å²) in [7, 11) is 0. The normalized spacial score (nSPS) is 17.3. The summed E-state index contributed by atoms with van der Waals surface area (Å²) in [5.74, 6) is 0.977. The number of aryl methyl sites for hydroxylation is 1. The van der Waals surface area contributed by atoms with E-state index in [4.69, 9.17) is 16.1 Å². The maximum Gasteiger partial charge on any atom is 0.232 e. The summed E-state index contributed by atoms with van der Waals surface area (Å²) in [4.78, 5) is 18.7. The topological polar surface area (TPSA) is 59.2 Å². The second-order valence-electron chi connectivity index (χ2n) is 6.21. The molecule has 25 heavy (non-hydrogen) atoms. The van der Waals surface area contributed by atoms with Crippen molar-refractivity contribution in [1.29, 1.82) is 0 Å². The molecule has 1 aliphatic heterocycles. The minimum atomic E-state index is -0.0958. The number of carbonyl (C=O) groups excluding carboxylic acids is 1. The number of benzene rings is 2. The van der Waals surface area contributed by atoms with Crippen molar-refractivity contribution < 1.29 is 9.32 Å². The van der Waals surface area contributed by atoms with E-state index in [-0.39, 0.29) is 11.8 Å². The van der Waals surface area contributed by atoms with Gasteiger partial charge >= 0.3 is 0 Å². The Bertz CT molecular complexity index is 920. The Morgan fingerprint density at radius 2 is 2.00 bits per heavy atom. The number of nitrogens with zero attached hydrogens (tertiary/aromatic N) is 3. The highest BCUT2D eigenvalue weighted by Crippen LogP contribution is 2.32. The van der Waals surface area contributed by atoms with Gasteiger partial charge in [0.2, 0.25) is 17.6 Å². The van der Waals surface area contributed by atoms with Crippen LogP contribution >= 0.6 is 11.6 Å². The molecule has 1 saturated heterocycles. The van der Waals surface area contributed by atoms with Crippen molar-refractivity contribution >= 4 is 23.2 Å². The molecule has 1 unspecified atom stereocenters. The first kappa shape index (κ1) is 15.8. The molecular weight excluding hydrogens is 338 g/mol. The third-order valence-electron chi connectivity index (χ3n) is 4.33. The number of halogens is 1. The second kappa shape index (κ2) is 6.33. The maximum absolute atomic E-state index is 12.4. The van der Waals surface area contributed by atoms with E-state index in [0.29, 0.717) is 29.7 Å². The molecule has 0 spiro atoms. The minimum Gasteiger partial charge on any atom is -0.339 e. The van der Waals surface area contributed by atoms with Gasteiger partial charge < -0.3 is 9.42 Å². The second-order valence-corrected chi connectivity index (χ2v) is 6.64. The van der Waals surface area contributed by atoms with E-state index in [1.54, 1.807) is 17.0 Å². The molecule has 1 amide bonds. The minimum absolute atomic E-state index is 0.0712. The molecule has 0 bridgehead atoms. The lowest BCUT2D eigenvalue weighted by molar-refractivity contribution is -0.117. The Balaban J connectivity index is 1.55. The first-order valence-electron chi connectivity index (χ1n) is 8.07. The van der Waals surface area contributed by atoms with Crippen molar-refractivity contribution in [3.05, 3.63) is 65.0 Å². The number of rotatable bonds is 3. The van der Waals surface area contributed by atoms with Crippen LogP contribution in [0.4, 0.5) is 5.69 Å². The van der Waals surface area contributed by atoms with Gasteiger partial charge in [0.25, 0.3) is 0 Å². The van der Waals surface area contributed by atoms with Crippen molar-refractivity contribution in [3.63, 3.8) is 0 Å². The zero-order chi connectivity index (χ0) is 17.4. The van der Waals surface area contributed by atoms with Crippen LogP contribution in [0.1, 0.15) is 23.8 Å². The van der Waals surface area contributed by atoms with Crippen LogP contribution in [0.25, 0.3) is 11.4 Å². The van der Waals surface area contributed by atoms with Crippen LogP contribution in [-0.4, -0.2) is 22.6 Å². The monoisotopic (exact) mass is 353 g/mol. The summed E-state index contributed by atoms with van der Waals surface area (Å²) in [6.45, 7) is 2.56. The van der Waals surface area contributed by atoms with Gasteiger partial charge in [0.1, 0.15) is 0 Å². The first-order valence-corrected chi connectivity index (χ1v) is 8.44. The molecule has 0 aliphatic carbocycles. The number of hydrogen-bond donors (Lipinski definition) is 0. The molecule has 6 heteroatoms. The smallest absolute Gasteiger partial charge is 0.232 e. The molecule has 1 fully saturated rings. The van der Waals surface area contributed by atoms with Gasteiger partial charge in [-0.15, -0.1) is 0 Å². The van der Waals surface area contributed by atoms with Gasteiger partial charge in [-0.05, 0) is 48.9 Å². The lowest BCUT2D eigenvalue weighted by atomic mass is 10.1. The summed E-state index contributed by atoms with van der Waals surface area (Å²) < 4.78 is 5.42. The van der Waals surface area contributed by atoms with E-state index in [2.05, 4.69) is 10.1 Å². The van der Waals surface area contributed by atoms with Crippen LogP contribution < -0.4 is 4.90 Å². The molecule has 3 aromatic rings. The van der Waals surface area contributed by atoms with Gasteiger partial charge in [-0.1, -0.05) is 28.9 Å². The van der Waals surface area contributed by atoms with Crippen molar-refractivity contribution in [2.24, 2.45) is 0 Å². The van der Waals surface area contributed by atoms with E-state index >= 15 is 0 Å². The van der Waals surface area contributed by atoms with Crippen LogP contribution in [0.15, 0.2) is 53.1 Å². The van der Waals surface area contributed by atoms with Crippen LogP contribution in [0.3, 0.4) is 0 Å². The van der Waals surface area contributed by atoms with Gasteiger partial charge in [-0.3, -0.25) is 4.79 Å². The molecule has 0 N–H and O–H groups in total. The number of amides is 1. The summed E-state index contributed by atoms with van der Waals surface area (Å²) in [5, 5.41) is 4.69. The molecule has 2 heterocycles. The predicted octanol–water partition coefficient (Wildman–Crippen LogP) is 4.22. The quantitative estimate of drug-likeness (QED) is 0.707. The van der Waals surface area contributed by atoms with E-state index in [9.17, 15) is 4.79 Å². The fourth-order valence-corrected chi connectivity index (χ4v) is 3.16. The van der Waals surface area contributed by atoms with Crippen LogP contribution in [0.2, 0.25) is 5.02 Å².